The molecular formula is C74H67F6N21O. The molecule has 0 fully saturated rings. The Hall–Kier alpha value is -12.3. The van der Waals surface area contributed by atoms with Gasteiger partial charge in [-0.05, 0) is 145 Å². The summed E-state index contributed by atoms with van der Waals surface area (Å²) in [5.74, 6) is -6.13. The van der Waals surface area contributed by atoms with Crippen molar-refractivity contribution in [1.82, 2.24) is 85.6 Å². The van der Waals surface area contributed by atoms with Crippen molar-refractivity contribution in [2.45, 2.75) is 96.5 Å². The predicted octanol–water partition coefficient (Wildman–Crippen LogP) is 18.3. The van der Waals surface area contributed by atoms with Crippen molar-refractivity contribution >= 4 is 133 Å². The fourth-order valence-electron chi connectivity index (χ4n) is 11.9. The van der Waals surface area contributed by atoms with Crippen LogP contribution in [0.15, 0.2) is 189 Å². The lowest BCUT2D eigenvalue weighted by Crippen LogP contribution is -2.17. The van der Waals surface area contributed by atoms with Crippen LogP contribution in [-0.2, 0) is 23.4 Å². The average molecular weight is 1380 g/mol. The monoisotopic (exact) mass is 1380 g/mol. The lowest BCUT2D eigenvalue weighted by Gasteiger charge is -2.19. The topological polar surface area (TPSA) is 299 Å². The van der Waals surface area contributed by atoms with Gasteiger partial charge in [-0.2, -0.15) is 46.7 Å². The van der Waals surface area contributed by atoms with Gasteiger partial charge in [0.25, 0.3) is 17.8 Å². The molecule has 0 unspecified atom stereocenters. The number of fused-ring (bicyclic) bond motifs is 8. The number of aliphatic hydroxyl groups is 1. The molecule has 4 aromatic carbocycles. The van der Waals surface area contributed by atoms with Crippen molar-refractivity contribution in [2.75, 3.05) is 21.3 Å². The van der Waals surface area contributed by atoms with Crippen molar-refractivity contribution < 1.29 is 31.4 Å². The molecule has 0 saturated carbocycles. The van der Waals surface area contributed by atoms with Crippen LogP contribution in [0.2, 0.25) is 0 Å². The molecule has 0 spiro atoms. The second-order valence-corrected chi connectivity index (χ2v) is 24.5. The smallest absolute Gasteiger partial charge is 0.290 e. The second kappa shape index (κ2) is 28.9. The number of pyridine rings is 7. The molecule has 0 bridgehead atoms. The zero-order valence-corrected chi connectivity index (χ0v) is 55.7. The number of nitrogens with zero attached hydrogens (tertiary/aromatic N) is 13. The molecule has 0 amide bonds. The summed E-state index contributed by atoms with van der Waals surface area (Å²) in [5, 5.41) is 58.7. The van der Waals surface area contributed by atoms with Gasteiger partial charge in [-0.3, -0.25) is 45.3 Å². The Morgan fingerprint density at radius 1 is 0.343 bits per heavy atom. The first-order chi connectivity index (χ1) is 49.3. The Morgan fingerprint density at radius 2 is 0.706 bits per heavy atom. The van der Waals surface area contributed by atoms with Crippen LogP contribution < -0.4 is 21.3 Å². The van der Waals surface area contributed by atoms with Crippen molar-refractivity contribution in [2.24, 2.45) is 0 Å². The van der Waals surface area contributed by atoms with E-state index in [4.69, 9.17) is 0 Å². The molecule has 0 radical (unpaired) electrons. The number of halogens is 6. The summed E-state index contributed by atoms with van der Waals surface area (Å²) in [7, 11) is 0. The largest absolute Gasteiger partial charge is 0.384 e. The van der Waals surface area contributed by atoms with E-state index in [2.05, 4.69) is 107 Å². The quantitative estimate of drug-likeness (QED) is 0.0361. The first kappa shape index (κ1) is 68.2. The number of aromatic nitrogens is 17. The van der Waals surface area contributed by atoms with Crippen LogP contribution in [0.1, 0.15) is 95.9 Å². The molecule has 22 nitrogen and oxygen atoms in total. The van der Waals surface area contributed by atoms with Crippen LogP contribution in [-0.4, -0.2) is 90.8 Å². The van der Waals surface area contributed by atoms with Gasteiger partial charge in [0, 0.05) is 119 Å². The van der Waals surface area contributed by atoms with Gasteiger partial charge in [0.1, 0.15) is 39.8 Å². The lowest BCUT2D eigenvalue weighted by atomic mass is 9.98. The molecule has 9 N–H and O–H groups in total. The third kappa shape index (κ3) is 14.7. The first-order valence-corrected chi connectivity index (χ1v) is 32.8. The minimum Gasteiger partial charge on any atom is -0.384 e. The van der Waals surface area contributed by atoms with Crippen LogP contribution in [0.3, 0.4) is 0 Å². The van der Waals surface area contributed by atoms with Crippen molar-refractivity contribution in [1.29, 1.82) is 0 Å². The van der Waals surface area contributed by atoms with Crippen LogP contribution in [0.5, 0.6) is 0 Å². The van der Waals surface area contributed by atoms with E-state index in [1.807, 2.05) is 72.8 Å². The summed E-state index contributed by atoms with van der Waals surface area (Å²) in [6.07, 6.45) is 14.7. The van der Waals surface area contributed by atoms with Gasteiger partial charge in [-0.25, -0.2) is 19.9 Å². The van der Waals surface area contributed by atoms with Gasteiger partial charge in [-0.15, -0.1) is 0 Å². The van der Waals surface area contributed by atoms with Gasteiger partial charge in [-0.1, -0.05) is 64.3 Å². The second-order valence-electron chi connectivity index (χ2n) is 24.5. The summed E-state index contributed by atoms with van der Waals surface area (Å²) in [6.45, 7) is 8.70. The molecule has 0 aliphatic carbocycles. The Bertz CT molecular complexity index is 5230. The van der Waals surface area contributed by atoms with Crippen molar-refractivity contribution in [3.63, 3.8) is 0 Å². The Kier molecular flexibility index (Phi) is 19.3. The molecule has 16 rings (SSSR count). The number of nitrogens with one attached hydrogen (secondary N) is 8. The van der Waals surface area contributed by atoms with Crippen molar-refractivity contribution in [3.05, 3.63) is 212 Å². The maximum atomic E-state index is 14.4. The number of H-pyrrole nitrogens is 4. The zero-order valence-electron chi connectivity index (χ0n) is 55.7. The molecule has 0 atom stereocenters. The molecule has 16 aromatic rings. The van der Waals surface area contributed by atoms with Crippen LogP contribution >= 0.6 is 0 Å². The maximum Gasteiger partial charge on any atom is 0.290 e. The Labute approximate surface area is 577 Å². The number of benzene rings is 4. The molecule has 12 aromatic heterocycles. The van der Waals surface area contributed by atoms with E-state index in [-0.39, 0.29) is 36.3 Å². The molecule has 0 aliphatic rings. The fourth-order valence-corrected chi connectivity index (χ4v) is 11.9. The highest BCUT2D eigenvalue weighted by Crippen LogP contribution is 2.41. The van der Waals surface area contributed by atoms with Crippen LogP contribution in [0.4, 0.5) is 72.4 Å². The van der Waals surface area contributed by atoms with Crippen LogP contribution in [0, 0.1) is 0 Å². The lowest BCUT2D eigenvalue weighted by molar-refractivity contribution is -0.0173. The fraction of sp³-hybridized carbons (Fsp3) is 0.203. The van der Waals surface area contributed by atoms with Gasteiger partial charge < -0.3 is 26.4 Å². The molecule has 28 heteroatoms. The molecule has 0 saturated heterocycles. The highest BCUT2D eigenvalue weighted by Gasteiger charge is 2.36. The first-order valence-electron chi connectivity index (χ1n) is 32.8. The predicted molar refractivity (Wildman–Crippen MR) is 385 cm³/mol. The van der Waals surface area contributed by atoms with Gasteiger partial charge in [0.15, 0.2) is 28.4 Å². The van der Waals surface area contributed by atoms with Gasteiger partial charge >= 0.3 is 0 Å². The normalized spacial score (nSPS) is 12.0. The summed E-state index contributed by atoms with van der Waals surface area (Å²) in [6, 6.07) is 40.0. The van der Waals surface area contributed by atoms with Gasteiger partial charge in [0.2, 0.25) is 5.65 Å². The Morgan fingerprint density at radius 3 is 1.16 bits per heavy atom. The zero-order chi connectivity index (χ0) is 71.2. The van der Waals surface area contributed by atoms with E-state index in [0.29, 0.717) is 97.2 Å². The highest BCUT2D eigenvalue weighted by molar-refractivity contribution is 5.96. The molecule has 0 aliphatic heterocycles. The SMILES string of the molecule is CC(C)(O)c1nccc2cc(Nc3[nH]nc4ncccc34)ccc12.CCCC(F)(F)c1nccc2cc(Nc3[nH]nc4ncccc34)ccc12.CCCC(F)(F)c1nccc2cc(Nc3[nH]nc4nccnc34)ccc12.CCCC(F)(F)c1nccc2cc(Nc3n[nH]c4cccnc34)ccc12. The van der Waals surface area contributed by atoms with Gasteiger partial charge in [0.05, 0.1) is 22.0 Å². The summed E-state index contributed by atoms with van der Waals surface area (Å²) in [5.41, 5.74) is 6.26. The van der Waals surface area contributed by atoms with E-state index in [0.717, 1.165) is 61.1 Å². The molecular weight excluding hydrogens is 1310 g/mol. The summed E-state index contributed by atoms with van der Waals surface area (Å²) < 4.78 is 86.2. The standard InChI is InChI=1S/2C19H17F2N5.C18H16F2N6.C18H17N5O/c1-2-8-19(20,21)17-14-6-5-13(11-12(14)7-10-23-17)24-18-16-15(25-26-18)4-3-9-22-16;1-2-8-19(20,21)16-14-6-5-13(11-12(14)7-10-22-16)24-18-15-4-3-9-23-17(15)25-26-18;1-2-6-18(19,20)15-13-4-3-12(10-11(13)5-7-22-15)24-17-14-16(25-26-17)23-9-8-21-14;1-18(2,24)15-13-6-5-12(10-11(13)7-9-19-15)21-17-14-4-3-8-20-16(14)22-23-17/h3-7,9-11H,2,8H2,1H3,(H2,24,25,26);3-7,9-11H,2,8H2,1H3,(H2,23,24,25,26);3-5,7-10H,2,6H2,1H3,(H2,23,24,25,26);3-10,24H,1-2H3,(H2,20,21,22,23). The number of hydrogen-bond acceptors (Lipinski definition) is 18. The number of anilines is 8. The number of aromatic amines is 4. The number of hydrogen-bond donors (Lipinski definition) is 9. The third-order valence-electron chi connectivity index (χ3n) is 16.6. The molecule has 516 valence electrons. The molecule has 102 heavy (non-hydrogen) atoms. The highest BCUT2D eigenvalue weighted by atomic mass is 19.3. The number of rotatable bonds is 18. The van der Waals surface area contributed by atoms with Crippen LogP contribution in [0.25, 0.3) is 87.4 Å². The average Bonchev–Trinajstić information content (AvgIpc) is 1.03. The minimum absolute atomic E-state index is 0.167. The summed E-state index contributed by atoms with van der Waals surface area (Å²) >= 11 is 0. The Balaban J connectivity index is 0.000000121. The number of alkyl halides is 6. The summed E-state index contributed by atoms with van der Waals surface area (Å²) in [4.78, 5) is 37.2. The van der Waals surface area contributed by atoms with E-state index in [1.54, 1.807) is 132 Å². The third-order valence-corrected chi connectivity index (χ3v) is 16.6. The van der Waals surface area contributed by atoms with Crippen molar-refractivity contribution in [3.8, 4) is 0 Å². The van der Waals surface area contributed by atoms with E-state index < -0.39 is 23.4 Å². The van der Waals surface area contributed by atoms with E-state index >= 15 is 0 Å². The minimum atomic E-state index is -2.95. The molecule has 12 heterocycles. The van der Waals surface area contributed by atoms with E-state index in [9.17, 15) is 31.4 Å². The van der Waals surface area contributed by atoms with E-state index in [1.165, 1.54) is 18.6 Å². The maximum absolute atomic E-state index is 14.4.